The van der Waals surface area contributed by atoms with Gasteiger partial charge in [-0.2, -0.15) is 0 Å². The Morgan fingerprint density at radius 1 is 1.08 bits per heavy atom. The number of nitrogens with one attached hydrogen (secondary N) is 3. The van der Waals surface area contributed by atoms with Gasteiger partial charge in [0.1, 0.15) is 17.0 Å². The van der Waals surface area contributed by atoms with Crippen molar-refractivity contribution in [2.45, 2.75) is 33.7 Å². The fraction of sp³-hybridized carbons (Fsp3) is 0.231. The summed E-state index contributed by atoms with van der Waals surface area (Å²) in [5.41, 5.74) is 0.373. The van der Waals surface area contributed by atoms with E-state index in [-0.39, 0.29) is 40.4 Å². The van der Waals surface area contributed by atoms with E-state index in [0.29, 0.717) is 17.7 Å². The highest BCUT2D eigenvalue weighted by Gasteiger charge is 2.21. The number of pyridine rings is 1. The molecular formula is C26H26FN5O4. The number of aryl methyl sites for hydroxylation is 2. The van der Waals surface area contributed by atoms with Crippen LogP contribution in [0.1, 0.15) is 30.5 Å². The first kappa shape index (κ1) is 24.6. The molecule has 0 aliphatic heterocycles. The van der Waals surface area contributed by atoms with Crippen LogP contribution in [0.5, 0.6) is 0 Å². The van der Waals surface area contributed by atoms with Gasteiger partial charge in [-0.25, -0.2) is 9.18 Å². The Kier molecular flexibility index (Phi) is 6.61. The molecule has 9 nitrogen and oxygen atoms in total. The summed E-state index contributed by atoms with van der Waals surface area (Å²) in [6.07, 6.45) is 0.649. The SMILES string of the molecule is CCc1ccc(Nc2c3c(=O)[nH]c(=O)n(-c4cccc(CNC(C)=O)c4)c3c(C)c(=O)n2C)c(F)c1. The number of nitrogens with zero attached hydrogens (tertiary/aromatic N) is 2. The van der Waals surface area contributed by atoms with Gasteiger partial charge in [-0.05, 0) is 48.7 Å². The van der Waals surface area contributed by atoms with Gasteiger partial charge in [0, 0.05) is 26.1 Å². The second-order valence-electron chi connectivity index (χ2n) is 8.53. The Balaban J connectivity index is 2.00. The molecule has 3 N–H and O–H groups in total. The largest absolute Gasteiger partial charge is 0.352 e. The number of carbonyl (C=O) groups is 1. The molecule has 0 unspecified atom stereocenters. The summed E-state index contributed by atoms with van der Waals surface area (Å²) in [7, 11) is 1.47. The monoisotopic (exact) mass is 491 g/mol. The van der Waals surface area contributed by atoms with Crippen molar-refractivity contribution in [2.24, 2.45) is 7.05 Å². The number of aromatic nitrogens is 3. The number of anilines is 2. The van der Waals surface area contributed by atoms with E-state index >= 15 is 0 Å². The van der Waals surface area contributed by atoms with E-state index in [2.05, 4.69) is 15.6 Å². The summed E-state index contributed by atoms with van der Waals surface area (Å²) in [5, 5.41) is 5.62. The first-order valence-electron chi connectivity index (χ1n) is 11.4. The Hall–Kier alpha value is -4.47. The number of amides is 1. The van der Waals surface area contributed by atoms with Gasteiger partial charge < -0.3 is 10.6 Å². The number of aromatic amines is 1. The van der Waals surface area contributed by atoms with Crippen molar-refractivity contribution in [3.63, 3.8) is 0 Å². The van der Waals surface area contributed by atoms with Gasteiger partial charge in [-0.15, -0.1) is 0 Å². The average molecular weight is 492 g/mol. The van der Waals surface area contributed by atoms with Crippen LogP contribution in [0.15, 0.2) is 56.8 Å². The van der Waals surface area contributed by atoms with E-state index < -0.39 is 22.6 Å². The molecule has 2 aromatic carbocycles. The lowest BCUT2D eigenvalue weighted by atomic mass is 10.1. The number of halogens is 1. The molecule has 4 aromatic rings. The predicted octanol–water partition coefficient (Wildman–Crippen LogP) is 2.77. The van der Waals surface area contributed by atoms with Gasteiger partial charge in [0.05, 0.1) is 16.9 Å². The number of benzene rings is 2. The van der Waals surface area contributed by atoms with Crippen LogP contribution >= 0.6 is 0 Å². The van der Waals surface area contributed by atoms with Crippen LogP contribution in [-0.4, -0.2) is 20.0 Å². The third kappa shape index (κ3) is 4.45. The van der Waals surface area contributed by atoms with Crippen LogP contribution in [-0.2, 0) is 24.8 Å². The van der Waals surface area contributed by atoms with E-state index in [0.717, 1.165) is 5.56 Å². The number of rotatable bonds is 6. The Bertz CT molecular complexity index is 1680. The smallest absolute Gasteiger partial charge is 0.333 e. The second kappa shape index (κ2) is 9.65. The Labute approximate surface area is 205 Å². The Morgan fingerprint density at radius 2 is 1.83 bits per heavy atom. The molecule has 10 heteroatoms. The first-order valence-corrected chi connectivity index (χ1v) is 11.4. The van der Waals surface area contributed by atoms with Crippen molar-refractivity contribution < 1.29 is 9.18 Å². The van der Waals surface area contributed by atoms with Crippen LogP contribution < -0.4 is 27.4 Å². The van der Waals surface area contributed by atoms with Crippen LogP contribution in [0, 0.1) is 12.7 Å². The zero-order valence-corrected chi connectivity index (χ0v) is 20.4. The second-order valence-corrected chi connectivity index (χ2v) is 8.53. The highest BCUT2D eigenvalue weighted by molar-refractivity contribution is 5.93. The molecule has 0 saturated heterocycles. The molecule has 186 valence electrons. The minimum absolute atomic E-state index is 0.0282. The number of fused-ring (bicyclic) bond motifs is 1. The average Bonchev–Trinajstić information content (AvgIpc) is 2.85. The summed E-state index contributed by atoms with van der Waals surface area (Å²) in [4.78, 5) is 52.9. The molecule has 2 aromatic heterocycles. The number of hydrogen-bond donors (Lipinski definition) is 3. The van der Waals surface area contributed by atoms with Crippen molar-refractivity contribution >= 4 is 28.3 Å². The van der Waals surface area contributed by atoms with Crippen LogP contribution in [0.25, 0.3) is 16.6 Å². The standard InChI is InChI=1S/C26H26FN5O4/c1-5-16-9-10-20(19(27)12-16)29-23-21-22(14(2)25(35)31(23)4)32(26(36)30-24(21)34)18-8-6-7-17(11-18)13-28-15(3)33/h6-12,29H,5,13H2,1-4H3,(H,28,33)(H,30,34,36). The minimum atomic E-state index is -0.732. The molecule has 0 aliphatic carbocycles. The number of H-pyrrole nitrogens is 1. The first-order chi connectivity index (χ1) is 17.1. The quantitative estimate of drug-likeness (QED) is 0.383. The normalized spacial score (nSPS) is 11.0. The topological polar surface area (TPSA) is 118 Å². The summed E-state index contributed by atoms with van der Waals surface area (Å²) >= 11 is 0. The van der Waals surface area contributed by atoms with Gasteiger partial charge in [0.15, 0.2) is 0 Å². The molecule has 2 heterocycles. The van der Waals surface area contributed by atoms with Gasteiger partial charge in [-0.1, -0.05) is 25.1 Å². The zero-order chi connectivity index (χ0) is 26.1. The van der Waals surface area contributed by atoms with Crippen molar-refractivity contribution in [3.8, 4) is 5.69 Å². The van der Waals surface area contributed by atoms with Gasteiger partial charge in [-0.3, -0.25) is 28.5 Å². The van der Waals surface area contributed by atoms with E-state index in [4.69, 9.17) is 0 Å². The zero-order valence-electron chi connectivity index (χ0n) is 20.4. The maximum absolute atomic E-state index is 14.8. The summed E-state index contributed by atoms with van der Waals surface area (Å²) in [6.45, 7) is 5.07. The molecule has 0 saturated carbocycles. The van der Waals surface area contributed by atoms with Crippen molar-refractivity contribution in [1.29, 1.82) is 0 Å². The highest BCUT2D eigenvalue weighted by atomic mass is 19.1. The minimum Gasteiger partial charge on any atom is -0.352 e. The molecule has 0 bridgehead atoms. The third-order valence-corrected chi connectivity index (χ3v) is 6.07. The summed E-state index contributed by atoms with van der Waals surface area (Å²) in [5.74, 6) is -0.694. The third-order valence-electron chi connectivity index (χ3n) is 6.07. The molecule has 0 fully saturated rings. The molecule has 36 heavy (non-hydrogen) atoms. The van der Waals surface area contributed by atoms with Crippen molar-refractivity contribution in [2.75, 3.05) is 5.32 Å². The van der Waals surface area contributed by atoms with Gasteiger partial charge in [0.2, 0.25) is 5.91 Å². The number of hydrogen-bond acceptors (Lipinski definition) is 5. The lowest BCUT2D eigenvalue weighted by molar-refractivity contribution is -0.119. The lowest BCUT2D eigenvalue weighted by Gasteiger charge is -2.19. The van der Waals surface area contributed by atoms with E-state index in [1.807, 2.05) is 6.92 Å². The van der Waals surface area contributed by atoms with Crippen LogP contribution in [0.2, 0.25) is 0 Å². The van der Waals surface area contributed by atoms with E-state index in [1.165, 1.54) is 36.1 Å². The van der Waals surface area contributed by atoms with E-state index in [1.54, 1.807) is 36.4 Å². The van der Waals surface area contributed by atoms with Crippen molar-refractivity contribution in [3.05, 3.63) is 96.2 Å². The van der Waals surface area contributed by atoms with E-state index in [9.17, 15) is 23.6 Å². The van der Waals surface area contributed by atoms with Crippen LogP contribution in [0.4, 0.5) is 15.9 Å². The molecule has 0 aliphatic rings. The Morgan fingerprint density at radius 3 is 2.50 bits per heavy atom. The van der Waals surface area contributed by atoms with Crippen molar-refractivity contribution in [1.82, 2.24) is 19.4 Å². The maximum atomic E-state index is 14.8. The fourth-order valence-corrected chi connectivity index (χ4v) is 4.17. The molecule has 0 radical (unpaired) electrons. The highest BCUT2D eigenvalue weighted by Crippen LogP contribution is 2.27. The summed E-state index contributed by atoms with van der Waals surface area (Å²) < 4.78 is 17.3. The fourth-order valence-electron chi connectivity index (χ4n) is 4.17. The van der Waals surface area contributed by atoms with Gasteiger partial charge in [0.25, 0.3) is 11.1 Å². The number of carbonyl (C=O) groups excluding carboxylic acids is 1. The summed E-state index contributed by atoms with van der Waals surface area (Å²) in [6, 6.07) is 11.5. The van der Waals surface area contributed by atoms with Gasteiger partial charge >= 0.3 is 5.69 Å². The van der Waals surface area contributed by atoms with Crippen LogP contribution in [0.3, 0.4) is 0 Å². The predicted molar refractivity (Wildman–Crippen MR) is 137 cm³/mol. The maximum Gasteiger partial charge on any atom is 0.333 e. The molecular weight excluding hydrogens is 465 g/mol. The molecule has 0 spiro atoms. The molecule has 1 amide bonds. The molecule has 4 rings (SSSR count). The molecule has 0 atom stereocenters. The lowest BCUT2D eigenvalue weighted by Crippen LogP contribution is -2.34.